The van der Waals surface area contributed by atoms with Gasteiger partial charge in [0.2, 0.25) is 10.0 Å². The van der Waals surface area contributed by atoms with E-state index in [1.807, 2.05) is 11.4 Å². The minimum absolute atomic E-state index is 0.285. The molecule has 0 bridgehead atoms. The summed E-state index contributed by atoms with van der Waals surface area (Å²) < 4.78 is 27.2. The number of rotatable bonds is 5. The average Bonchev–Trinajstić information content (AvgIpc) is 2.84. The number of sulfonamides is 1. The Hall–Kier alpha value is -0.730. The second kappa shape index (κ2) is 6.36. The van der Waals surface area contributed by atoms with E-state index in [1.165, 1.54) is 15.6 Å². The maximum Gasteiger partial charge on any atom is 0.243 e. The molecule has 0 saturated carbocycles. The fraction of sp³-hybridized carbons (Fsp3) is 0.231. The summed E-state index contributed by atoms with van der Waals surface area (Å²) in [6, 6.07) is 8.59. The Morgan fingerprint density at radius 3 is 2.45 bits per heavy atom. The molecule has 2 N–H and O–H groups in total. The first-order valence-corrected chi connectivity index (χ1v) is 9.03. The van der Waals surface area contributed by atoms with Gasteiger partial charge in [-0.2, -0.15) is 4.31 Å². The zero-order valence-electron chi connectivity index (χ0n) is 10.9. The van der Waals surface area contributed by atoms with E-state index < -0.39 is 10.0 Å². The number of halogens is 1. The average molecular weight is 375 g/mol. The first kappa shape index (κ1) is 15.7. The van der Waals surface area contributed by atoms with Crippen LogP contribution in [0.5, 0.6) is 0 Å². The van der Waals surface area contributed by atoms with Gasteiger partial charge in [-0.3, -0.25) is 0 Å². The standard InChI is InChI=1S/C13H15BrN2O2S2/c1-16(8-12-6-11(14)9-19-12)20(17,18)13-4-2-10(7-15)3-5-13/h2-6,9H,7-8,15H2,1H3. The van der Waals surface area contributed by atoms with Gasteiger partial charge in [-0.05, 0) is 39.7 Å². The van der Waals surface area contributed by atoms with Crippen LogP contribution in [0.25, 0.3) is 0 Å². The van der Waals surface area contributed by atoms with Crippen molar-refractivity contribution in [3.63, 3.8) is 0 Å². The van der Waals surface area contributed by atoms with Crippen LogP contribution in [0.4, 0.5) is 0 Å². The molecule has 0 aliphatic carbocycles. The third kappa shape index (κ3) is 3.48. The molecule has 108 valence electrons. The van der Waals surface area contributed by atoms with E-state index in [-0.39, 0.29) is 4.90 Å². The minimum Gasteiger partial charge on any atom is -0.326 e. The summed E-state index contributed by atoms with van der Waals surface area (Å²) in [4.78, 5) is 1.27. The van der Waals surface area contributed by atoms with Crippen LogP contribution in [0.3, 0.4) is 0 Å². The number of hydrogen-bond donors (Lipinski definition) is 1. The lowest BCUT2D eigenvalue weighted by molar-refractivity contribution is 0.469. The van der Waals surface area contributed by atoms with Crippen molar-refractivity contribution < 1.29 is 8.42 Å². The molecule has 0 unspecified atom stereocenters. The van der Waals surface area contributed by atoms with Gasteiger partial charge in [0, 0.05) is 34.9 Å². The quantitative estimate of drug-likeness (QED) is 0.874. The van der Waals surface area contributed by atoms with Crippen LogP contribution >= 0.6 is 27.3 Å². The molecule has 0 saturated heterocycles. The van der Waals surface area contributed by atoms with Crippen molar-refractivity contribution in [2.45, 2.75) is 18.0 Å². The molecule has 2 rings (SSSR count). The summed E-state index contributed by atoms with van der Waals surface area (Å²) in [5.41, 5.74) is 6.42. The Morgan fingerprint density at radius 1 is 1.30 bits per heavy atom. The molecule has 1 heterocycles. The second-order valence-electron chi connectivity index (χ2n) is 4.34. The van der Waals surface area contributed by atoms with E-state index >= 15 is 0 Å². The van der Waals surface area contributed by atoms with E-state index in [4.69, 9.17) is 5.73 Å². The van der Waals surface area contributed by atoms with Crippen LogP contribution in [0.15, 0.2) is 45.1 Å². The summed E-state index contributed by atoms with van der Waals surface area (Å²) in [6.45, 7) is 0.761. The van der Waals surface area contributed by atoms with Crippen molar-refractivity contribution in [3.05, 3.63) is 50.6 Å². The van der Waals surface area contributed by atoms with E-state index in [1.54, 1.807) is 31.3 Å². The lowest BCUT2D eigenvalue weighted by atomic mass is 10.2. The Balaban J connectivity index is 2.19. The molecule has 2 aromatic rings. The van der Waals surface area contributed by atoms with Crippen molar-refractivity contribution in [2.24, 2.45) is 5.73 Å². The summed E-state index contributed by atoms with van der Waals surface area (Å²) in [5.74, 6) is 0. The van der Waals surface area contributed by atoms with Gasteiger partial charge in [0.15, 0.2) is 0 Å². The fourth-order valence-corrected chi connectivity index (χ4v) is 4.45. The molecular weight excluding hydrogens is 360 g/mol. The van der Waals surface area contributed by atoms with Gasteiger partial charge in [0.05, 0.1) is 4.90 Å². The maximum atomic E-state index is 12.4. The van der Waals surface area contributed by atoms with Crippen LogP contribution in [0, 0.1) is 0 Å². The predicted octanol–water partition coefficient (Wildman–Crippen LogP) is 2.79. The first-order valence-electron chi connectivity index (χ1n) is 5.92. The van der Waals surface area contributed by atoms with E-state index in [2.05, 4.69) is 15.9 Å². The summed E-state index contributed by atoms with van der Waals surface area (Å²) in [5, 5.41) is 1.94. The van der Waals surface area contributed by atoms with Crippen molar-refractivity contribution in [2.75, 3.05) is 7.05 Å². The SMILES string of the molecule is CN(Cc1cc(Br)cs1)S(=O)(=O)c1ccc(CN)cc1. The van der Waals surface area contributed by atoms with E-state index in [9.17, 15) is 8.42 Å². The van der Waals surface area contributed by atoms with Gasteiger partial charge in [-0.15, -0.1) is 11.3 Å². The number of nitrogens with zero attached hydrogens (tertiary/aromatic N) is 1. The van der Waals surface area contributed by atoms with Crippen molar-refractivity contribution in [1.29, 1.82) is 0 Å². The number of benzene rings is 1. The molecule has 0 fully saturated rings. The Labute approximate surface area is 131 Å². The first-order chi connectivity index (χ1) is 9.43. The van der Waals surface area contributed by atoms with Crippen LogP contribution in [0.1, 0.15) is 10.4 Å². The van der Waals surface area contributed by atoms with Crippen molar-refractivity contribution in [3.8, 4) is 0 Å². The third-order valence-electron chi connectivity index (χ3n) is 2.87. The molecular formula is C13H15BrN2O2S2. The highest BCUT2D eigenvalue weighted by molar-refractivity contribution is 9.10. The van der Waals surface area contributed by atoms with Crippen molar-refractivity contribution >= 4 is 37.3 Å². The number of thiophene rings is 1. The van der Waals surface area contributed by atoms with Gasteiger partial charge in [0.25, 0.3) is 0 Å². The van der Waals surface area contributed by atoms with Crippen LogP contribution in [0.2, 0.25) is 0 Å². The Morgan fingerprint density at radius 2 is 1.95 bits per heavy atom. The largest absolute Gasteiger partial charge is 0.326 e. The van der Waals surface area contributed by atoms with Gasteiger partial charge < -0.3 is 5.73 Å². The molecule has 0 radical (unpaired) electrons. The third-order valence-corrected chi connectivity index (χ3v) is 6.37. The zero-order valence-corrected chi connectivity index (χ0v) is 14.1. The molecule has 4 nitrogen and oxygen atoms in total. The second-order valence-corrected chi connectivity index (χ2v) is 8.30. The molecule has 20 heavy (non-hydrogen) atoms. The molecule has 0 atom stereocenters. The normalized spacial score (nSPS) is 12.0. The highest BCUT2D eigenvalue weighted by Gasteiger charge is 2.21. The molecule has 0 spiro atoms. The van der Waals surface area contributed by atoms with Gasteiger partial charge in [-0.25, -0.2) is 8.42 Å². The van der Waals surface area contributed by atoms with Gasteiger partial charge >= 0.3 is 0 Å². The maximum absolute atomic E-state index is 12.4. The molecule has 0 aliphatic heterocycles. The predicted molar refractivity (Wildman–Crippen MR) is 85.0 cm³/mol. The zero-order chi connectivity index (χ0) is 14.8. The fourth-order valence-electron chi connectivity index (χ4n) is 1.72. The number of hydrogen-bond acceptors (Lipinski definition) is 4. The number of nitrogens with two attached hydrogens (primary N) is 1. The molecule has 1 aromatic heterocycles. The summed E-state index contributed by atoms with van der Waals surface area (Å²) in [6.07, 6.45) is 0. The van der Waals surface area contributed by atoms with Gasteiger partial charge in [0.1, 0.15) is 0 Å². The highest BCUT2D eigenvalue weighted by atomic mass is 79.9. The lowest BCUT2D eigenvalue weighted by Gasteiger charge is -2.16. The molecule has 0 aliphatic rings. The minimum atomic E-state index is -3.47. The topological polar surface area (TPSA) is 63.4 Å². The smallest absolute Gasteiger partial charge is 0.243 e. The van der Waals surface area contributed by atoms with E-state index in [0.717, 1.165) is 14.9 Å². The molecule has 1 aromatic carbocycles. The highest BCUT2D eigenvalue weighted by Crippen LogP contribution is 2.23. The Bertz CT molecular complexity index is 681. The molecule has 7 heteroatoms. The monoisotopic (exact) mass is 374 g/mol. The Kier molecular flexibility index (Phi) is 4.98. The van der Waals surface area contributed by atoms with Crippen LogP contribution < -0.4 is 5.73 Å². The molecule has 0 amide bonds. The van der Waals surface area contributed by atoms with E-state index in [0.29, 0.717) is 13.1 Å². The lowest BCUT2D eigenvalue weighted by Crippen LogP contribution is -2.26. The van der Waals surface area contributed by atoms with Crippen LogP contribution in [-0.2, 0) is 23.1 Å². The summed E-state index contributed by atoms with van der Waals surface area (Å²) >= 11 is 4.89. The van der Waals surface area contributed by atoms with Gasteiger partial charge in [-0.1, -0.05) is 12.1 Å². The van der Waals surface area contributed by atoms with Crippen LogP contribution in [-0.4, -0.2) is 19.8 Å². The van der Waals surface area contributed by atoms with Crippen molar-refractivity contribution in [1.82, 2.24) is 4.31 Å². The summed E-state index contributed by atoms with van der Waals surface area (Å²) in [7, 11) is -1.89.